The number of aromatic amines is 1. The van der Waals surface area contributed by atoms with Crippen LogP contribution in [-0.4, -0.2) is 20.0 Å². The van der Waals surface area contributed by atoms with E-state index in [0.29, 0.717) is 11.3 Å². The average molecular weight is 306 g/mol. The Bertz CT molecular complexity index is 1070. The monoisotopic (exact) mass is 306 g/mol. The fraction of sp³-hybridized carbons (Fsp3) is 0. The number of aromatic nitrogens is 4. The summed E-state index contributed by atoms with van der Waals surface area (Å²) in [4.78, 5) is 15.1. The molecule has 0 atom stereocenters. The lowest BCUT2D eigenvalue weighted by molar-refractivity contribution is 0.607. The van der Waals surface area contributed by atoms with Crippen molar-refractivity contribution in [3.63, 3.8) is 0 Å². The van der Waals surface area contributed by atoms with Gasteiger partial charge in [0.2, 0.25) is 0 Å². The maximum atomic E-state index is 13.8. The minimum Gasteiger partial charge on any atom is -0.321 e. The number of fused-ring (bicyclic) bond motifs is 1. The van der Waals surface area contributed by atoms with Crippen LogP contribution >= 0.6 is 0 Å². The van der Waals surface area contributed by atoms with Crippen LogP contribution in [-0.2, 0) is 0 Å². The quantitative estimate of drug-likeness (QED) is 0.619. The summed E-state index contributed by atoms with van der Waals surface area (Å²) in [6.07, 6.45) is 1.54. The van der Waals surface area contributed by atoms with E-state index in [1.54, 1.807) is 24.3 Å². The van der Waals surface area contributed by atoms with Crippen LogP contribution in [0.1, 0.15) is 0 Å². The second-order valence-electron chi connectivity index (χ2n) is 5.10. The van der Waals surface area contributed by atoms with Gasteiger partial charge in [-0.05, 0) is 29.7 Å². The molecule has 23 heavy (non-hydrogen) atoms. The normalized spacial score (nSPS) is 11.0. The lowest BCUT2D eigenvalue weighted by Gasteiger charge is -2.01. The molecule has 5 nitrogen and oxygen atoms in total. The smallest absolute Gasteiger partial charge is 0.258 e. The molecule has 0 aliphatic rings. The van der Waals surface area contributed by atoms with E-state index in [4.69, 9.17) is 0 Å². The topological polar surface area (TPSA) is 63.6 Å². The maximum absolute atomic E-state index is 13.8. The first-order valence-electron chi connectivity index (χ1n) is 7.02. The summed E-state index contributed by atoms with van der Waals surface area (Å²) in [6.45, 7) is 0. The van der Waals surface area contributed by atoms with Crippen molar-refractivity contribution in [3.05, 3.63) is 77.0 Å². The van der Waals surface area contributed by atoms with E-state index in [2.05, 4.69) is 15.3 Å². The molecular formula is C17H11FN4O. The van der Waals surface area contributed by atoms with Gasteiger partial charge in [-0.3, -0.25) is 4.79 Å². The molecule has 0 radical (unpaired) electrons. The van der Waals surface area contributed by atoms with E-state index in [1.807, 2.05) is 24.3 Å². The van der Waals surface area contributed by atoms with Gasteiger partial charge in [0.15, 0.2) is 0 Å². The van der Waals surface area contributed by atoms with Gasteiger partial charge >= 0.3 is 0 Å². The van der Waals surface area contributed by atoms with Crippen molar-refractivity contribution in [3.8, 4) is 16.9 Å². The largest absolute Gasteiger partial charge is 0.321 e. The second kappa shape index (κ2) is 5.17. The molecular weight excluding hydrogens is 295 g/mol. The second-order valence-corrected chi connectivity index (χ2v) is 5.10. The summed E-state index contributed by atoms with van der Waals surface area (Å²) >= 11 is 0. The number of halogens is 1. The first-order valence-corrected chi connectivity index (χ1v) is 7.02. The predicted octanol–water partition coefficient (Wildman–Crippen LogP) is 2.91. The molecule has 4 rings (SSSR count). The summed E-state index contributed by atoms with van der Waals surface area (Å²) in [7, 11) is 0. The summed E-state index contributed by atoms with van der Waals surface area (Å²) in [5.74, 6) is -0.406. The number of pyridine rings is 1. The minimum atomic E-state index is -0.406. The number of hydrogen-bond acceptors (Lipinski definition) is 3. The van der Waals surface area contributed by atoms with E-state index in [1.165, 1.54) is 16.9 Å². The van der Waals surface area contributed by atoms with Crippen LogP contribution in [0.15, 0.2) is 65.6 Å². The molecule has 0 bridgehead atoms. The highest BCUT2D eigenvalue weighted by Crippen LogP contribution is 2.19. The average Bonchev–Trinajstić information content (AvgIpc) is 3.04. The molecule has 2 aromatic carbocycles. The third-order valence-electron chi connectivity index (χ3n) is 3.62. The molecule has 0 saturated heterocycles. The van der Waals surface area contributed by atoms with Gasteiger partial charge in [-0.1, -0.05) is 35.5 Å². The van der Waals surface area contributed by atoms with E-state index >= 15 is 0 Å². The van der Waals surface area contributed by atoms with Crippen molar-refractivity contribution in [2.24, 2.45) is 0 Å². The van der Waals surface area contributed by atoms with Crippen molar-refractivity contribution in [2.75, 3.05) is 0 Å². The zero-order valence-corrected chi connectivity index (χ0v) is 11.9. The van der Waals surface area contributed by atoms with Crippen molar-refractivity contribution >= 4 is 10.9 Å². The summed E-state index contributed by atoms with van der Waals surface area (Å²) in [5, 5.41) is 8.81. The zero-order valence-electron chi connectivity index (χ0n) is 11.9. The van der Waals surface area contributed by atoms with E-state index in [9.17, 15) is 9.18 Å². The van der Waals surface area contributed by atoms with Gasteiger partial charge < -0.3 is 4.98 Å². The van der Waals surface area contributed by atoms with Gasteiger partial charge in [0, 0.05) is 5.52 Å². The standard InChI is InChI=1S/C17H11FN4O/c18-13-6-2-4-8-16(13)22-10-15(20-21-22)12-9-11-5-1-3-7-14(11)19-17(12)23/h1-10H,(H,19,23). The molecule has 2 aromatic heterocycles. The Morgan fingerprint density at radius 3 is 2.70 bits per heavy atom. The van der Waals surface area contributed by atoms with E-state index in [-0.39, 0.29) is 11.2 Å². The molecule has 0 fully saturated rings. The predicted molar refractivity (Wildman–Crippen MR) is 84.9 cm³/mol. The number of hydrogen-bond donors (Lipinski definition) is 1. The molecule has 4 aromatic rings. The first-order chi connectivity index (χ1) is 11.2. The van der Waals surface area contributed by atoms with Gasteiger partial charge in [0.05, 0.1) is 11.8 Å². The van der Waals surface area contributed by atoms with Gasteiger partial charge in [0.25, 0.3) is 5.56 Å². The van der Waals surface area contributed by atoms with Crippen molar-refractivity contribution < 1.29 is 4.39 Å². The maximum Gasteiger partial charge on any atom is 0.258 e. The summed E-state index contributed by atoms with van der Waals surface area (Å²) < 4.78 is 15.1. The van der Waals surface area contributed by atoms with Crippen molar-refractivity contribution in [1.82, 2.24) is 20.0 Å². The van der Waals surface area contributed by atoms with Gasteiger partial charge in [0.1, 0.15) is 17.2 Å². The van der Waals surface area contributed by atoms with Crippen LogP contribution in [0.4, 0.5) is 4.39 Å². The molecule has 1 N–H and O–H groups in total. The van der Waals surface area contributed by atoms with Crippen LogP contribution in [0.25, 0.3) is 27.8 Å². The Labute approximate surface area is 130 Å². The third kappa shape index (κ3) is 2.30. The van der Waals surface area contributed by atoms with Crippen molar-refractivity contribution in [2.45, 2.75) is 0 Å². The van der Waals surface area contributed by atoms with Gasteiger partial charge in [-0.2, -0.15) is 0 Å². The number of H-pyrrole nitrogens is 1. The van der Waals surface area contributed by atoms with Gasteiger partial charge in [-0.15, -0.1) is 5.10 Å². The first kappa shape index (κ1) is 13.4. The summed E-state index contributed by atoms with van der Waals surface area (Å²) in [6, 6.07) is 15.5. The number of para-hydroxylation sites is 2. The van der Waals surface area contributed by atoms with Crippen LogP contribution in [0.5, 0.6) is 0 Å². The molecule has 0 aliphatic heterocycles. The molecule has 6 heteroatoms. The molecule has 0 spiro atoms. The Morgan fingerprint density at radius 2 is 1.83 bits per heavy atom. The number of benzene rings is 2. The number of nitrogens with one attached hydrogen (secondary N) is 1. The Morgan fingerprint density at radius 1 is 1.04 bits per heavy atom. The Balaban J connectivity index is 1.85. The molecule has 0 saturated carbocycles. The van der Waals surface area contributed by atoms with Crippen LogP contribution in [0.3, 0.4) is 0 Å². The van der Waals surface area contributed by atoms with Crippen molar-refractivity contribution in [1.29, 1.82) is 0 Å². The fourth-order valence-electron chi connectivity index (χ4n) is 2.48. The lowest BCUT2D eigenvalue weighted by atomic mass is 10.1. The molecule has 0 unspecified atom stereocenters. The van der Waals surface area contributed by atoms with E-state index in [0.717, 1.165) is 10.9 Å². The fourth-order valence-corrected chi connectivity index (χ4v) is 2.48. The highest BCUT2D eigenvalue weighted by molar-refractivity contribution is 5.82. The number of nitrogens with zero attached hydrogens (tertiary/aromatic N) is 3. The highest BCUT2D eigenvalue weighted by atomic mass is 19.1. The van der Waals surface area contributed by atoms with Crippen LogP contribution < -0.4 is 5.56 Å². The molecule has 2 heterocycles. The third-order valence-corrected chi connectivity index (χ3v) is 3.62. The Kier molecular flexibility index (Phi) is 3.01. The molecule has 112 valence electrons. The van der Waals surface area contributed by atoms with Gasteiger partial charge in [-0.25, -0.2) is 9.07 Å². The molecule has 0 aliphatic carbocycles. The minimum absolute atomic E-state index is 0.260. The zero-order chi connectivity index (χ0) is 15.8. The summed E-state index contributed by atoms with van der Waals surface area (Å²) in [5.41, 5.74) is 1.56. The number of rotatable bonds is 2. The highest BCUT2D eigenvalue weighted by Gasteiger charge is 2.12. The van der Waals surface area contributed by atoms with Crippen LogP contribution in [0.2, 0.25) is 0 Å². The molecule has 0 amide bonds. The lowest BCUT2D eigenvalue weighted by Crippen LogP contribution is -2.08. The Hall–Kier alpha value is -3.28. The van der Waals surface area contributed by atoms with E-state index < -0.39 is 5.82 Å². The SMILES string of the molecule is O=c1[nH]c2ccccc2cc1-c1cn(-c2ccccc2F)nn1. The van der Waals surface area contributed by atoms with Crippen LogP contribution in [0, 0.1) is 5.82 Å².